The molecule has 64 valence electrons. The Kier molecular flexibility index (Phi) is 1.18. The summed E-state index contributed by atoms with van der Waals surface area (Å²) in [6.45, 7) is 0. The summed E-state index contributed by atoms with van der Waals surface area (Å²) in [4.78, 5) is 4.35. The second-order valence-electron chi connectivity index (χ2n) is 3.34. The van der Waals surface area contributed by atoms with Gasteiger partial charge in [0.2, 0.25) is 0 Å². The molecule has 1 heterocycles. The molecule has 0 amide bonds. The zero-order chi connectivity index (χ0) is 8.84. The van der Waals surface area contributed by atoms with E-state index in [4.69, 9.17) is 4.74 Å². The van der Waals surface area contributed by atoms with Gasteiger partial charge in [0, 0.05) is 23.6 Å². The third-order valence-electron chi connectivity index (χ3n) is 2.56. The molecule has 13 heavy (non-hydrogen) atoms. The minimum atomic E-state index is 0.944. The summed E-state index contributed by atoms with van der Waals surface area (Å²) in [5, 5.41) is 1.14. The Balaban J connectivity index is 2.54. The number of aromatic nitrogens is 1. The molecule has 3 rings (SSSR count). The highest BCUT2D eigenvalue weighted by Gasteiger charge is 2.15. The molecule has 2 heteroatoms. The second-order valence-corrected chi connectivity index (χ2v) is 3.34. The van der Waals surface area contributed by atoms with Crippen molar-refractivity contribution in [2.24, 2.45) is 0 Å². The van der Waals surface area contributed by atoms with Gasteiger partial charge in [-0.25, -0.2) is 0 Å². The van der Waals surface area contributed by atoms with Crippen molar-refractivity contribution in [1.82, 2.24) is 4.98 Å². The number of pyridine rings is 1. The first kappa shape index (κ1) is 6.89. The van der Waals surface area contributed by atoms with E-state index in [-0.39, 0.29) is 0 Å². The summed E-state index contributed by atoms with van der Waals surface area (Å²) in [5.74, 6) is 0.998. The molecule has 0 unspecified atom stereocenters. The fourth-order valence-electron chi connectivity index (χ4n) is 1.95. The summed E-state index contributed by atoms with van der Waals surface area (Å²) >= 11 is 0. The van der Waals surface area contributed by atoms with E-state index in [1.807, 2.05) is 6.20 Å². The first-order chi connectivity index (χ1) is 6.38. The van der Waals surface area contributed by atoms with E-state index >= 15 is 0 Å². The number of fused-ring (bicyclic) bond motifs is 2. The largest absolute Gasteiger partial charge is 0.496 e. The highest BCUT2D eigenvalue weighted by Crippen LogP contribution is 2.34. The molecule has 1 aromatic heterocycles. The number of hydrogen-bond donors (Lipinski definition) is 0. The molecule has 1 aliphatic carbocycles. The fourth-order valence-corrected chi connectivity index (χ4v) is 1.95. The third kappa shape index (κ3) is 0.800. The van der Waals surface area contributed by atoms with Crippen LogP contribution in [0.5, 0.6) is 5.75 Å². The average Bonchev–Trinajstić information content (AvgIpc) is 2.13. The Morgan fingerprint density at radius 2 is 2.31 bits per heavy atom. The molecule has 0 aliphatic heterocycles. The van der Waals surface area contributed by atoms with Gasteiger partial charge >= 0.3 is 0 Å². The van der Waals surface area contributed by atoms with Gasteiger partial charge in [-0.15, -0.1) is 0 Å². The Morgan fingerprint density at radius 1 is 1.38 bits per heavy atom. The van der Waals surface area contributed by atoms with Gasteiger partial charge in [0.1, 0.15) is 5.75 Å². The van der Waals surface area contributed by atoms with Crippen LogP contribution < -0.4 is 4.74 Å². The number of hydrogen-bond acceptors (Lipinski definition) is 2. The van der Waals surface area contributed by atoms with E-state index in [1.165, 1.54) is 11.1 Å². The Morgan fingerprint density at radius 3 is 3.15 bits per heavy atom. The highest BCUT2D eigenvalue weighted by molar-refractivity contribution is 5.88. The number of methoxy groups -OCH3 is 1. The zero-order valence-corrected chi connectivity index (χ0v) is 7.37. The van der Waals surface area contributed by atoms with Gasteiger partial charge in [-0.1, -0.05) is 6.07 Å². The van der Waals surface area contributed by atoms with E-state index < -0.39 is 0 Å². The van der Waals surface area contributed by atoms with Gasteiger partial charge in [0.25, 0.3) is 0 Å². The molecule has 0 radical (unpaired) electrons. The lowest BCUT2D eigenvalue weighted by Gasteiger charge is -2.16. The van der Waals surface area contributed by atoms with Crippen LogP contribution >= 0.6 is 0 Å². The van der Waals surface area contributed by atoms with E-state index in [2.05, 4.69) is 23.2 Å². The van der Waals surface area contributed by atoms with Gasteiger partial charge < -0.3 is 4.74 Å². The van der Waals surface area contributed by atoms with Crippen molar-refractivity contribution >= 4 is 10.9 Å². The van der Waals surface area contributed by atoms with Crippen LogP contribution in [0.1, 0.15) is 11.1 Å². The molecule has 0 saturated heterocycles. The van der Waals surface area contributed by atoms with E-state index in [9.17, 15) is 0 Å². The molecule has 0 atom stereocenters. The molecule has 2 aromatic rings. The summed E-state index contributed by atoms with van der Waals surface area (Å²) < 4.78 is 5.36. The fraction of sp³-hybridized carbons (Fsp3) is 0.182. The number of nitrogens with zero attached hydrogens (tertiary/aromatic N) is 1. The van der Waals surface area contributed by atoms with Gasteiger partial charge in [-0.3, -0.25) is 4.98 Å². The lowest BCUT2D eigenvalue weighted by molar-refractivity contribution is 0.414. The standard InChI is InChI=1S/C11H9NO/c1-13-11-8-4-7-2-3-10(12-6-8)9(11)5-7/h2-3,5-6H,4H2,1H3. The lowest BCUT2D eigenvalue weighted by atomic mass is 9.96. The maximum atomic E-state index is 5.36. The molecule has 0 spiro atoms. The average molecular weight is 171 g/mol. The molecule has 1 aliphatic rings. The second kappa shape index (κ2) is 2.22. The van der Waals surface area contributed by atoms with Crippen molar-refractivity contribution in [3.05, 3.63) is 35.5 Å². The van der Waals surface area contributed by atoms with Crippen molar-refractivity contribution in [1.29, 1.82) is 0 Å². The molecule has 0 fully saturated rings. The van der Waals surface area contributed by atoms with Crippen molar-refractivity contribution < 1.29 is 4.74 Å². The lowest BCUT2D eigenvalue weighted by Crippen LogP contribution is -2.01. The molecule has 0 N–H and O–H groups in total. The van der Waals surface area contributed by atoms with Crippen LogP contribution in [0.25, 0.3) is 10.9 Å². The maximum absolute atomic E-state index is 5.36. The minimum absolute atomic E-state index is 0.944. The quantitative estimate of drug-likeness (QED) is 0.559. The van der Waals surface area contributed by atoms with Crippen LogP contribution in [-0.2, 0) is 6.42 Å². The van der Waals surface area contributed by atoms with E-state index in [1.54, 1.807) is 7.11 Å². The Hall–Kier alpha value is -1.57. The predicted molar refractivity (Wildman–Crippen MR) is 51.1 cm³/mol. The molecule has 0 saturated carbocycles. The maximum Gasteiger partial charge on any atom is 0.133 e. The number of ether oxygens (including phenoxy) is 1. The first-order valence-corrected chi connectivity index (χ1v) is 4.33. The third-order valence-corrected chi connectivity index (χ3v) is 2.56. The van der Waals surface area contributed by atoms with Gasteiger partial charge in [0.05, 0.1) is 12.6 Å². The van der Waals surface area contributed by atoms with Crippen molar-refractivity contribution in [2.45, 2.75) is 6.42 Å². The molecular weight excluding hydrogens is 162 g/mol. The highest BCUT2D eigenvalue weighted by atomic mass is 16.5. The van der Waals surface area contributed by atoms with Crippen LogP contribution in [-0.4, -0.2) is 12.1 Å². The topological polar surface area (TPSA) is 22.1 Å². The van der Waals surface area contributed by atoms with Crippen molar-refractivity contribution in [3.8, 4) is 5.75 Å². The summed E-state index contributed by atoms with van der Waals surface area (Å²) in [6, 6.07) is 6.34. The van der Waals surface area contributed by atoms with Crippen LogP contribution in [0, 0.1) is 0 Å². The van der Waals surface area contributed by atoms with Crippen molar-refractivity contribution in [2.75, 3.05) is 7.11 Å². The summed E-state index contributed by atoms with van der Waals surface area (Å²) in [7, 11) is 1.72. The number of rotatable bonds is 1. The molecule has 1 aromatic carbocycles. The predicted octanol–water partition coefficient (Wildman–Crippen LogP) is 2.15. The SMILES string of the molecule is COc1c2cnc3ccc(cc13)C2. The van der Waals surface area contributed by atoms with Crippen LogP contribution in [0.15, 0.2) is 24.4 Å². The molecule has 2 nitrogen and oxygen atoms in total. The van der Waals surface area contributed by atoms with Crippen molar-refractivity contribution in [3.63, 3.8) is 0 Å². The van der Waals surface area contributed by atoms with E-state index in [0.717, 1.165) is 23.1 Å². The molecular formula is C11H9NO. The monoisotopic (exact) mass is 171 g/mol. The Bertz CT molecular complexity index is 485. The first-order valence-electron chi connectivity index (χ1n) is 4.33. The van der Waals surface area contributed by atoms with Gasteiger partial charge in [0.15, 0.2) is 0 Å². The zero-order valence-electron chi connectivity index (χ0n) is 7.37. The van der Waals surface area contributed by atoms with Gasteiger partial charge in [-0.2, -0.15) is 0 Å². The smallest absolute Gasteiger partial charge is 0.133 e. The van der Waals surface area contributed by atoms with E-state index in [0.29, 0.717) is 0 Å². The number of benzene rings is 1. The normalized spacial score (nSPS) is 12.7. The van der Waals surface area contributed by atoms with Gasteiger partial charge in [-0.05, 0) is 17.7 Å². The summed E-state index contributed by atoms with van der Waals surface area (Å²) in [6.07, 6.45) is 2.86. The van der Waals surface area contributed by atoms with Crippen LogP contribution in [0.2, 0.25) is 0 Å². The van der Waals surface area contributed by atoms with Crippen LogP contribution in [0.3, 0.4) is 0 Å². The Labute approximate surface area is 76.2 Å². The van der Waals surface area contributed by atoms with Crippen LogP contribution in [0.4, 0.5) is 0 Å². The minimum Gasteiger partial charge on any atom is -0.496 e. The summed E-state index contributed by atoms with van der Waals surface area (Å²) in [5.41, 5.74) is 3.56. The molecule has 3 bridgehead atoms.